The molecule has 3 rings (SSSR count). The molecule has 1 aliphatic rings. The van der Waals surface area contributed by atoms with Gasteiger partial charge in [0.2, 0.25) is 0 Å². The lowest BCUT2D eigenvalue weighted by Crippen LogP contribution is -2.50. The number of benzene rings is 1. The van der Waals surface area contributed by atoms with Crippen LogP contribution in [0.3, 0.4) is 0 Å². The lowest BCUT2D eigenvalue weighted by Gasteiger charge is -2.37. The molecule has 0 spiro atoms. The molecule has 2 N–H and O–H groups in total. The highest BCUT2D eigenvalue weighted by molar-refractivity contribution is 7.93. The number of sulfone groups is 1. The first-order valence-corrected chi connectivity index (χ1v) is 11.6. The molecule has 0 atom stereocenters. The number of amides is 1. The third-order valence-electron chi connectivity index (χ3n) is 5.90. The number of phenolic OH excluding ortho intramolecular Hbond substituents is 1. The second kappa shape index (κ2) is 8.78. The summed E-state index contributed by atoms with van der Waals surface area (Å²) in [5.41, 5.74) is -3.30. The van der Waals surface area contributed by atoms with Crippen LogP contribution in [0.5, 0.6) is 5.75 Å². The smallest absolute Gasteiger partial charge is 0.435 e. The Hall–Kier alpha value is -2.77. The van der Waals surface area contributed by atoms with Gasteiger partial charge in [-0.25, -0.2) is 8.42 Å². The van der Waals surface area contributed by atoms with Crippen molar-refractivity contribution in [2.24, 2.45) is 7.05 Å². The minimum atomic E-state index is -5.00. The molecule has 34 heavy (non-hydrogen) atoms. The average molecular weight is 513 g/mol. The van der Waals surface area contributed by atoms with Gasteiger partial charge in [-0.3, -0.25) is 9.48 Å². The Morgan fingerprint density at radius 1 is 1.12 bits per heavy atom. The van der Waals surface area contributed by atoms with E-state index in [1.54, 1.807) is 0 Å². The topological polar surface area (TPSA) is 101 Å². The molecule has 14 heteroatoms. The van der Waals surface area contributed by atoms with Crippen LogP contribution in [-0.4, -0.2) is 40.5 Å². The van der Waals surface area contributed by atoms with Crippen LogP contribution < -0.4 is 5.32 Å². The average Bonchev–Trinajstić information content (AvgIpc) is 3.14. The molecular weight excluding hydrogens is 492 g/mol. The van der Waals surface area contributed by atoms with E-state index >= 15 is 0 Å². The highest BCUT2D eigenvalue weighted by Gasteiger charge is 2.48. The van der Waals surface area contributed by atoms with Gasteiger partial charge < -0.3 is 10.4 Å². The van der Waals surface area contributed by atoms with Crippen LogP contribution in [0.15, 0.2) is 29.2 Å². The second-order valence-electron chi connectivity index (χ2n) is 8.12. The van der Waals surface area contributed by atoms with E-state index in [0.29, 0.717) is 36.1 Å². The monoisotopic (exact) mass is 513 g/mol. The lowest BCUT2D eigenvalue weighted by molar-refractivity contribution is -0.141. The number of nitrogens with one attached hydrogen (secondary N) is 1. The van der Waals surface area contributed by atoms with Crippen molar-refractivity contribution < 1.29 is 44.7 Å². The molecule has 2 aromatic rings. The molecule has 1 saturated carbocycles. The van der Waals surface area contributed by atoms with E-state index in [2.05, 4.69) is 10.4 Å². The summed E-state index contributed by atoms with van der Waals surface area (Å²) in [6.45, 7) is -0.573. The molecule has 1 aromatic carbocycles. The maximum Gasteiger partial charge on any atom is 0.435 e. The fourth-order valence-corrected chi connectivity index (χ4v) is 6.27. The number of aryl methyl sites for hydroxylation is 1. The van der Waals surface area contributed by atoms with E-state index in [-0.39, 0.29) is 12.8 Å². The van der Waals surface area contributed by atoms with Crippen LogP contribution in [0.4, 0.5) is 26.3 Å². The molecule has 1 aliphatic carbocycles. The van der Waals surface area contributed by atoms with E-state index in [1.165, 1.54) is 0 Å². The number of phenols is 1. The molecular formula is C20H21F6N3O4S. The molecule has 0 unspecified atom stereocenters. The largest absolute Gasteiger partial charge is 0.506 e. The van der Waals surface area contributed by atoms with Gasteiger partial charge in [-0.15, -0.1) is 0 Å². The number of aromatic hydroxyl groups is 1. The van der Waals surface area contributed by atoms with E-state index in [4.69, 9.17) is 0 Å². The third-order valence-corrected chi connectivity index (χ3v) is 8.50. The van der Waals surface area contributed by atoms with Gasteiger partial charge in [-0.05, 0) is 25.0 Å². The molecule has 1 amide bonds. The molecule has 1 heterocycles. The highest BCUT2D eigenvalue weighted by Crippen LogP contribution is 2.45. The van der Waals surface area contributed by atoms with Crippen molar-refractivity contribution in [2.75, 3.05) is 6.54 Å². The Balaban J connectivity index is 1.96. The summed E-state index contributed by atoms with van der Waals surface area (Å²) < 4.78 is 104. The van der Waals surface area contributed by atoms with Crippen molar-refractivity contribution in [3.05, 3.63) is 41.2 Å². The number of rotatable bonds is 5. The van der Waals surface area contributed by atoms with Gasteiger partial charge in [-0.2, -0.15) is 31.4 Å². The fraction of sp³-hybridized carbons (Fsp3) is 0.500. The zero-order valence-corrected chi connectivity index (χ0v) is 18.6. The Labute approximate surface area is 190 Å². The Bertz CT molecular complexity index is 1180. The maximum atomic E-state index is 13.5. The van der Waals surface area contributed by atoms with Crippen LogP contribution in [0.2, 0.25) is 0 Å². The predicted molar refractivity (Wildman–Crippen MR) is 107 cm³/mol. The number of para-hydroxylation sites is 1. The van der Waals surface area contributed by atoms with Crippen molar-refractivity contribution in [3.8, 4) is 5.75 Å². The molecule has 1 aromatic heterocycles. The second-order valence-corrected chi connectivity index (χ2v) is 10.4. The number of hydrogen-bond donors (Lipinski definition) is 2. The molecule has 7 nitrogen and oxygen atoms in total. The van der Waals surface area contributed by atoms with Gasteiger partial charge in [-0.1, -0.05) is 25.3 Å². The number of alkyl halides is 6. The molecule has 0 saturated heterocycles. The first-order chi connectivity index (χ1) is 15.6. The maximum absolute atomic E-state index is 13.5. The number of aromatic nitrogens is 2. The van der Waals surface area contributed by atoms with Crippen molar-refractivity contribution >= 4 is 15.7 Å². The van der Waals surface area contributed by atoms with Gasteiger partial charge in [0.1, 0.15) is 16.3 Å². The predicted octanol–water partition coefficient (Wildman–Crippen LogP) is 4.07. The van der Waals surface area contributed by atoms with Crippen molar-refractivity contribution in [3.63, 3.8) is 0 Å². The fourth-order valence-electron chi connectivity index (χ4n) is 4.09. The first-order valence-electron chi connectivity index (χ1n) is 10.1. The zero-order chi connectivity index (χ0) is 25.5. The van der Waals surface area contributed by atoms with Gasteiger partial charge in [0.05, 0.1) is 10.3 Å². The van der Waals surface area contributed by atoms with Gasteiger partial charge in [0.25, 0.3) is 5.91 Å². The normalized spacial score (nSPS) is 16.9. The molecule has 1 fully saturated rings. The minimum absolute atomic E-state index is 0.0233. The molecule has 0 bridgehead atoms. The van der Waals surface area contributed by atoms with Gasteiger partial charge >= 0.3 is 12.4 Å². The van der Waals surface area contributed by atoms with Gasteiger partial charge in [0.15, 0.2) is 15.5 Å². The van der Waals surface area contributed by atoms with E-state index in [9.17, 15) is 44.7 Å². The molecule has 188 valence electrons. The van der Waals surface area contributed by atoms with Crippen LogP contribution in [0, 0.1) is 0 Å². The number of halogens is 6. The van der Waals surface area contributed by atoms with Crippen molar-refractivity contribution in [1.82, 2.24) is 15.1 Å². The van der Waals surface area contributed by atoms with E-state index in [1.807, 2.05) is 0 Å². The minimum Gasteiger partial charge on any atom is -0.506 e. The van der Waals surface area contributed by atoms with Crippen molar-refractivity contribution in [1.29, 1.82) is 0 Å². The lowest BCUT2D eigenvalue weighted by atomic mass is 9.88. The Kier molecular flexibility index (Phi) is 6.68. The van der Waals surface area contributed by atoms with E-state index in [0.717, 1.165) is 19.2 Å². The number of hydrogen-bond acceptors (Lipinski definition) is 5. The number of carbonyl (C=O) groups excluding carboxylic acids is 1. The summed E-state index contributed by atoms with van der Waals surface area (Å²) in [6.07, 6.45) is -8.42. The van der Waals surface area contributed by atoms with Crippen LogP contribution in [0.1, 0.15) is 53.8 Å². The summed E-state index contributed by atoms with van der Waals surface area (Å²) in [7, 11) is -3.50. The number of nitrogens with zero attached hydrogens (tertiary/aromatic N) is 2. The third kappa shape index (κ3) is 4.72. The standard InChI is InChI=1S/C20H21F6N3O4S/c1-29-13(10-15(28-29)20(24,25)26)17(31)27-11-18(8-3-2-4-9-18)34(32,33)14-7-5-6-12(16(14)30)19(21,22)23/h5-7,10,30H,2-4,8-9,11H2,1H3,(H,27,31). The zero-order valence-electron chi connectivity index (χ0n) is 17.8. The summed E-state index contributed by atoms with van der Waals surface area (Å²) in [5.74, 6) is -2.47. The number of carbonyl (C=O) groups is 1. The Morgan fingerprint density at radius 2 is 1.74 bits per heavy atom. The summed E-state index contributed by atoms with van der Waals surface area (Å²) in [6, 6.07) is 2.77. The van der Waals surface area contributed by atoms with Crippen molar-refractivity contribution in [2.45, 2.75) is 54.1 Å². The SMILES string of the molecule is Cn1nc(C(F)(F)F)cc1C(=O)NCC1(S(=O)(=O)c2cccc(C(F)(F)F)c2O)CCCCC1. The Morgan fingerprint density at radius 3 is 2.26 bits per heavy atom. The van der Waals surface area contributed by atoms with Gasteiger partial charge in [0, 0.05) is 19.7 Å². The quantitative estimate of drug-likeness (QED) is 0.587. The van der Waals surface area contributed by atoms with Crippen LogP contribution >= 0.6 is 0 Å². The summed E-state index contributed by atoms with van der Waals surface area (Å²) >= 11 is 0. The highest BCUT2D eigenvalue weighted by atomic mass is 32.2. The first kappa shape index (κ1) is 25.8. The summed E-state index contributed by atoms with van der Waals surface area (Å²) in [5, 5.41) is 15.7. The van der Waals surface area contributed by atoms with E-state index < -0.39 is 67.0 Å². The van der Waals surface area contributed by atoms with Crippen LogP contribution in [-0.2, 0) is 29.2 Å². The molecule has 0 radical (unpaired) electrons. The van der Waals surface area contributed by atoms with Crippen LogP contribution in [0.25, 0.3) is 0 Å². The summed E-state index contributed by atoms with van der Waals surface area (Å²) in [4.78, 5) is 11.7. The molecule has 0 aliphatic heterocycles.